The molecule has 0 radical (unpaired) electrons. The van der Waals surface area contributed by atoms with Crippen LogP contribution in [0.2, 0.25) is 0 Å². The highest BCUT2D eigenvalue weighted by Gasteiger charge is 2.18. The van der Waals surface area contributed by atoms with Crippen LogP contribution in [0.25, 0.3) is 0 Å². The molecule has 1 aromatic rings. The molecule has 0 bridgehead atoms. The number of esters is 1. The molecule has 0 fully saturated rings. The minimum Gasteiger partial charge on any atom is -0.465 e. The first-order chi connectivity index (χ1) is 9.96. The number of hydrazine groups is 1. The van der Waals surface area contributed by atoms with Crippen LogP contribution < -0.4 is 10.3 Å². The fourth-order valence-electron chi connectivity index (χ4n) is 1.28. The number of carbonyl (C=O) groups excluding carboxylic acids is 1. The van der Waals surface area contributed by atoms with Crippen LogP contribution in [-0.4, -0.2) is 27.8 Å². The Morgan fingerprint density at radius 3 is 2.43 bits per heavy atom. The normalized spacial score (nSPS) is 12.0. The van der Waals surface area contributed by atoms with Crippen molar-refractivity contribution >= 4 is 27.8 Å². The Bertz CT molecular complexity index is 678. The molecule has 0 aromatic heterocycles. The minimum atomic E-state index is -3.81. The summed E-state index contributed by atoms with van der Waals surface area (Å²) >= 11 is 1.00. The SMILES string of the molecule is COC(=O)C(C#N)=C(NNS(=O)(=O)c1ccccc1)SC. The number of hydrogen-bond donors (Lipinski definition) is 2. The van der Waals surface area contributed by atoms with Gasteiger partial charge in [-0.2, -0.15) is 5.26 Å². The number of hydrogen-bond acceptors (Lipinski definition) is 7. The summed E-state index contributed by atoms with van der Waals surface area (Å²) in [6.45, 7) is 0. The average Bonchev–Trinajstić information content (AvgIpc) is 2.51. The summed E-state index contributed by atoms with van der Waals surface area (Å²) in [5.41, 5.74) is 2.04. The highest BCUT2D eigenvalue weighted by molar-refractivity contribution is 8.02. The summed E-state index contributed by atoms with van der Waals surface area (Å²) in [6, 6.07) is 9.34. The molecule has 9 heteroatoms. The van der Waals surface area contributed by atoms with Crippen molar-refractivity contribution in [3.05, 3.63) is 40.9 Å². The molecule has 0 heterocycles. The third kappa shape index (κ3) is 4.49. The molecule has 0 aliphatic carbocycles. The van der Waals surface area contributed by atoms with Gasteiger partial charge in [0.15, 0.2) is 5.57 Å². The predicted octanol–water partition coefficient (Wildman–Crippen LogP) is 0.741. The molecular formula is C12H13N3O4S2. The number of sulfonamides is 1. The summed E-state index contributed by atoms with van der Waals surface area (Å²) < 4.78 is 28.4. The summed E-state index contributed by atoms with van der Waals surface area (Å²) in [4.78, 5) is 13.6. The van der Waals surface area contributed by atoms with Crippen LogP contribution in [0.3, 0.4) is 0 Å². The van der Waals surface area contributed by atoms with Gasteiger partial charge >= 0.3 is 5.97 Å². The second-order valence-corrected chi connectivity index (χ2v) is 6.05. The van der Waals surface area contributed by atoms with Crippen molar-refractivity contribution in [1.29, 1.82) is 5.26 Å². The van der Waals surface area contributed by atoms with Crippen molar-refractivity contribution in [1.82, 2.24) is 10.3 Å². The Morgan fingerprint density at radius 2 is 1.95 bits per heavy atom. The Hall–Kier alpha value is -2.02. The standard InChI is InChI=1S/C12H13N3O4S2/c1-19-12(16)10(8-13)11(20-2)14-15-21(17,18)9-6-4-3-5-7-9/h3-7,14-15H,1-2H3. The van der Waals surface area contributed by atoms with E-state index in [2.05, 4.69) is 15.0 Å². The van der Waals surface area contributed by atoms with Gasteiger partial charge in [-0.05, 0) is 18.4 Å². The van der Waals surface area contributed by atoms with Crippen molar-refractivity contribution in [2.75, 3.05) is 13.4 Å². The summed E-state index contributed by atoms with van der Waals surface area (Å²) in [6.07, 6.45) is 1.58. The van der Waals surface area contributed by atoms with Gasteiger partial charge in [-0.1, -0.05) is 18.2 Å². The Balaban J connectivity index is 2.98. The van der Waals surface area contributed by atoms with E-state index in [1.54, 1.807) is 30.5 Å². The van der Waals surface area contributed by atoms with E-state index in [9.17, 15) is 13.2 Å². The Morgan fingerprint density at radius 1 is 1.33 bits per heavy atom. The van der Waals surface area contributed by atoms with Gasteiger partial charge in [0.2, 0.25) is 0 Å². The zero-order chi connectivity index (χ0) is 15.9. The van der Waals surface area contributed by atoms with Crippen LogP contribution >= 0.6 is 11.8 Å². The van der Waals surface area contributed by atoms with Gasteiger partial charge in [0.05, 0.1) is 12.0 Å². The number of nitriles is 1. The quantitative estimate of drug-likeness (QED) is 0.343. The zero-order valence-corrected chi connectivity index (χ0v) is 12.9. The number of nitrogens with zero attached hydrogens (tertiary/aromatic N) is 1. The molecule has 0 amide bonds. The molecule has 21 heavy (non-hydrogen) atoms. The van der Waals surface area contributed by atoms with Gasteiger partial charge in [0.1, 0.15) is 11.1 Å². The lowest BCUT2D eigenvalue weighted by Gasteiger charge is -2.12. The van der Waals surface area contributed by atoms with Gasteiger partial charge in [0, 0.05) is 0 Å². The van der Waals surface area contributed by atoms with E-state index in [4.69, 9.17) is 5.26 Å². The van der Waals surface area contributed by atoms with E-state index >= 15 is 0 Å². The van der Waals surface area contributed by atoms with Crippen molar-refractivity contribution in [2.24, 2.45) is 0 Å². The maximum atomic E-state index is 12.0. The molecule has 1 aromatic carbocycles. The first-order valence-corrected chi connectivity index (χ1v) is 8.26. The lowest BCUT2D eigenvalue weighted by molar-refractivity contribution is -0.135. The predicted molar refractivity (Wildman–Crippen MR) is 78.1 cm³/mol. The highest BCUT2D eigenvalue weighted by atomic mass is 32.2. The molecule has 112 valence electrons. The molecule has 0 spiro atoms. The van der Waals surface area contributed by atoms with Crippen molar-refractivity contribution in [3.8, 4) is 6.07 Å². The van der Waals surface area contributed by atoms with Crippen molar-refractivity contribution in [3.63, 3.8) is 0 Å². The second-order valence-electron chi connectivity index (χ2n) is 3.56. The van der Waals surface area contributed by atoms with Gasteiger partial charge in [-0.15, -0.1) is 16.6 Å². The Kier molecular flexibility index (Phi) is 6.23. The van der Waals surface area contributed by atoms with Gasteiger partial charge in [-0.25, -0.2) is 13.2 Å². The van der Waals surface area contributed by atoms with Crippen molar-refractivity contribution in [2.45, 2.75) is 4.90 Å². The molecule has 0 saturated heterocycles. The third-order valence-electron chi connectivity index (χ3n) is 2.28. The van der Waals surface area contributed by atoms with Crippen LogP contribution in [-0.2, 0) is 19.6 Å². The summed E-state index contributed by atoms with van der Waals surface area (Å²) in [5, 5.41) is 8.98. The van der Waals surface area contributed by atoms with Crippen molar-refractivity contribution < 1.29 is 17.9 Å². The topological polar surface area (TPSA) is 108 Å². The molecule has 0 atom stereocenters. The first-order valence-electron chi connectivity index (χ1n) is 5.55. The number of benzene rings is 1. The molecule has 1 rings (SSSR count). The zero-order valence-electron chi connectivity index (χ0n) is 11.3. The third-order valence-corrected chi connectivity index (χ3v) is 4.26. The number of thioether (sulfide) groups is 1. The lowest BCUT2D eigenvalue weighted by atomic mass is 10.3. The monoisotopic (exact) mass is 327 g/mol. The number of rotatable bonds is 6. The van der Waals surface area contributed by atoms with Crippen LogP contribution in [0.4, 0.5) is 0 Å². The van der Waals surface area contributed by atoms with E-state index in [-0.39, 0.29) is 15.5 Å². The van der Waals surface area contributed by atoms with E-state index in [1.807, 2.05) is 0 Å². The number of ether oxygens (including phenoxy) is 1. The van der Waals surface area contributed by atoms with E-state index in [0.717, 1.165) is 18.9 Å². The van der Waals surface area contributed by atoms with Crippen LogP contribution in [0.1, 0.15) is 0 Å². The Labute approximate surface area is 127 Å². The lowest BCUT2D eigenvalue weighted by Crippen LogP contribution is -2.37. The number of nitrogens with one attached hydrogen (secondary N) is 2. The van der Waals surface area contributed by atoms with Crippen LogP contribution in [0.5, 0.6) is 0 Å². The maximum absolute atomic E-state index is 12.0. The van der Waals surface area contributed by atoms with Crippen LogP contribution in [0.15, 0.2) is 45.8 Å². The molecule has 7 nitrogen and oxygen atoms in total. The molecule has 0 aliphatic rings. The summed E-state index contributed by atoms with van der Waals surface area (Å²) in [7, 11) is -2.68. The van der Waals surface area contributed by atoms with E-state index < -0.39 is 16.0 Å². The number of methoxy groups -OCH3 is 1. The van der Waals surface area contributed by atoms with E-state index in [0.29, 0.717) is 0 Å². The molecule has 0 unspecified atom stereocenters. The smallest absolute Gasteiger partial charge is 0.351 e. The summed E-state index contributed by atoms with van der Waals surface area (Å²) in [5.74, 6) is -0.853. The number of carbonyl (C=O) groups is 1. The van der Waals surface area contributed by atoms with E-state index in [1.165, 1.54) is 12.1 Å². The second kappa shape index (κ2) is 7.68. The molecule has 0 aliphatic heterocycles. The van der Waals surface area contributed by atoms with Gasteiger partial charge < -0.3 is 10.2 Å². The van der Waals surface area contributed by atoms with Gasteiger partial charge in [0.25, 0.3) is 10.0 Å². The van der Waals surface area contributed by atoms with Gasteiger partial charge in [-0.3, -0.25) is 0 Å². The fourth-order valence-corrected chi connectivity index (χ4v) is 2.70. The maximum Gasteiger partial charge on any atom is 0.351 e. The fraction of sp³-hybridized carbons (Fsp3) is 0.167. The first kappa shape index (κ1) is 17.0. The van der Waals surface area contributed by atoms with Crippen LogP contribution in [0, 0.1) is 11.3 Å². The average molecular weight is 327 g/mol. The minimum absolute atomic E-state index is 0.0452. The molecule has 0 saturated carbocycles. The highest BCUT2D eigenvalue weighted by Crippen LogP contribution is 2.15. The largest absolute Gasteiger partial charge is 0.465 e. The molecular weight excluding hydrogens is 314 g/mol. The molecule has 2 N–H and O–H groups in total.